The first-order valence-electron chi connectivity index (χ1n) is 12.5. The largest absolute Gasteiger partial charge is 0.438 e. The first-order valence-corrected chi connectivity index (χ1v) is 12.5. The van der Waals surface area contributed by atoms with Gasteiger partial charge in [0.15, 0.2) is 12.1 Å². The van der Waals surface area contributed by atoms with E-state index < -0.39 is 24.1 Å². The molecule has 0 saturated carbocycles. The van der Waals surface area contributed by atoms with E-state index in [2.05, 4.69) is 10.6 Å². The zero-order valence-corrected chi connectivity index (χ0v) is 20.9. The van der Waals surface area contributed by atoms with Gasteiger partial charge in [-0.2, -0.15) is 0 Å². The number of carbonyl (C=O) groups excluding carboxylic acids is 3. The van der Waals surface area contributed by atoms with Gasteiger partial charge in [0.05, 0.1) is 6.54 Å². The van der Waals surface area contributed by atoms with Gasteiger partial charge >= 0.3 is 6.09 Å². The topological polar surface area (TPSA) is 87.7 Å². The quantitative estimate of drug-likeness (QED) is 0.321. The molecule has 8 heteroatoms. The second kappa shape index (κ2) is 11.6. The van der Waals surface area contributed by atoms with Crippen LogP contribution in [0.1, 0.15) is 33.2 Å². The fraction of sp³-hybridized carbons (Fsp3) is 0.129. The molecule has 0 radical (unpaired) electrons. The number of rotatable bonds is 8. The van der Waals surface area contributed by atoms with Crippen molar-refractivity contribution in [1.82, 2.24) is 10.2 Å². The third kappa shape index (κ3) is 6.13. The van der Waals surface area contributed by atoms with Crippen molar-refractivity contribution in [2.75, 3.05) is 5.32 Å². The Labute approximate surface area is 225 Å². The maximum Gasteiger partial charge on any atom is 0.411 e. The number of amides is 3. The first-order chi connectivity index (χ1) is 19.0. The average Bonchev–Trinajstić information content (AvgIpc) is 3.29. The third-order valence-electron chi connectivity index (χ3n) is 6.46. The van der Waals surface area contributed by atoms with E-state index in [4.69, 9.17) is 4.74 Å². The molecule has 0 bridgehead atoms. The number of hydrogen-bond acceptors (Lipinski definition) is 4. The second-order valence-corrected chi connectivity index (χ2v) is 9.15. The van der Waals surface area contributed by atoms with E-state index >= 15 is 0 Å². The number of ether oxygens (including phenoxy) is 1. The van der Waals surface area contributed by atoms with Crippen molar-refractivity contribution in [2.45, 2.75) is 25.2 Å². The van der Waals surface area contributed by atoms with Crippen molar-refractivity contribution in [2.24, 2.45) is 0 Å². The van der Waals surface area contributed by atoms with Crippen LogP contribution in [0.15, 0.2) is 109 Å². The number of nitrogens with zero attached hydrogens (tertiary/aromatic N) is 1. The summed E-state index contributed by atoms with van der Waals surface area (Å²) in [4.78, 5) is 40.4. The number of anilines is 1. The Morgan fingerprint density at radius 1 is 0.795 bits per heavy atom. The molecule has 1 saturated heterocycles. The molecule has 1 heterocycles. The van der Waals surface area contributed by atoms with Gasteiger partial charge in [0.25, 0.3) is 5.91 Å². The average molecular weight is 524 g/mol. The molecular formula is C31H26FN3O4. The van der Waals surface area contributed by atoms with Crippen molar-refractivity contribution in [3.63, 3.8) is 0 Å². The Bertz CT molecular complexity index is 1450. The molecule has 1 aliphatic rings. The molecule has 2 atom stereocenters. The fourth-order valence-corrected chi connectivity index (χ4v) is 4.44. The molecule has 0 aliphatic carbocycles. The van der Waals surface area contributed by atoms with E-state index in [-0.39, 0.29) is 24.8 Å². The summed E-state index contributed by atoms with van der Waals surface area (Å²) in [6.07, 6.45) is -1.47. The van der Waals surface area contributed by atoms with E-state index in [1.165, 1.54) is 17.0 Å². The summed E-state index contributed by atoms with van der Waals surface area (Å²) < 4.78 is 19.0. The van der Waals surface area contributed by atoms with Gasteiger partial charge in [-0.25, -0.2) is 9.18 Å². The summed E-state index contributed by atoms with van der Waals surface area (Å²) in [6, 6.07) is 30.0. The Balaban J connectivity index is 1.36. The summed E-state index contributed by atoms with van der Waals surface area (Å²) in [5.41, 5.74) is 3.28. The van der Waals surface area contributed by atoms with E-state index in [1.807, 2.05) is 36.4 Å². The zero-order chi connectivity index (χ0) is 27.2. The molecule has 0 unspecified atom stereocenters. The van der Waals surface area contributed by atoms with Crippen LogP contribution < -0.4 is 10.6 Å². The van der Waals surface area contributed by atoms with Gasteiger partial charge in [0.1, 0.15) is 5.82 Å². The molecular weight excluding hydrogens is 497 g/mol. The molecule has 7 nitrogen and oxygen atoms in total. The van der Waals surface area contributed by atoms with Gasteiger partial charge in [-0.3, -0.25) is 14.5 Å². The summed E-state index contributed by atoms with van der Waals surface area (Å²) in [5, 5.41) is 5.70. The van der Waals surface area contributed by atoms with Crippen LogP contribution in [0.3, 0.4) is 0 Å². The van der Waals surface area contributed by atoms with Gasteiger partial charge in [0.2, 0.25) is 5.91 Å². The van der Waals surface area contributed by atoms with Crippen LogP contribution in [0.2, 0.25) is 0 Å². The minimum atomic E-state index is -0.942. The molecule has 4 aromatic rings. The predicted molar refractivity (Wildman–Crippen MR) is 144 cm³/mol. The molecule has 4 aromatic carbocycles. The molecule has 3 amide bonds. The molecule has 1 fully saturated rings. The maximum atomic E-state index is 13.5. The van der Waals surface area contributed by atoms with Crippen LogP contribution in [-0.4, -0.2) is 28.8 Å². The van der Waals surface area contributed by atoms with Gasteiger partial charge in [-0.15, -0.1) is 0 Å². The Kier molecular flexibility index (Phi) is 7.63. The maximum absolute atomic E-state index is 13.5. The third-order valence-corrected chi connectivity index (χ3v) is 6.46. The summed E-state index contributed by atoms with van der Waals surface area (Å²) >= 11 is 0. The molecule has 0 spiro atoms. The van der Waals surface area contributed by atoms with Crippen molar-refractivity contribution >= 4 is 23.6 Å². The Hall–Kier alpha value is -4.98. The zero-order valence-electron chi connectivity index (χ0n) is 20.9. The van der Waals surface area contributed by atoms with E-state index in [9.17, 15) is 18.8 Å². The summed E-state index contributed by atoms with van der Waals surface area (Å²) in [7, 11) is 0. The number of halogens is 1. The lowest BCUT2D eigenvalue weighted by molar-refractivity contribution is -0.126. The summed E-state index contributed by atoms with van der Waals surface area (Å²) in [5.74, 6) is -1.01. The number of hydrogen-bond donors (Lipinski definition) is 2. The predicted octanol–water partition coefficient (Wildman–Crippen LogP) is 5.46. The highest BCUT2D eigenvalue weighted by Gasteiger charge is 2.46. The van der Waals surface area contributed by atoms with Crippen molar-refractivity contribution in [1.29, 1.82) is 0 Å². The fourth-order valence-electron chi connectivity index (χ4n) is 4.44. The van der Waals surface area contributed by atoms with Gasteiger partial charge in [0, 0.05) is 17.8 Å². The molecule has 196 valence electrons. The number of nitrogens with one attached hydrogen (secondary N) is 2. The van der Waals surface area contributed by atoms with Crippen LogP contribution >= 0.6 is 0 Å². The van der Waals surface area contributed by atoms with Crippen molar-refractivity contribution < 1.29 is 23.5 Å². The van der Waals surface area contributed by atoms with Gasteiger partial charge in [-0.05, 0) is 53.1 Å². The standard InChI is InChI=1S/C31H26FN3O4/c32-25-15-11-21(12-16-25)19-33-30(37)27-28(39-31(38)35(27)20-22-7-3-1-4-8-22)23-13-17-26(18-14-23)34-29(36)24-9-5-2-6-10-24/h1-18,27-28H,19-20H2,(H,33,37)(H,34,36)/t27-,28+/m0/s1. The second-order valence-electron chi connectivity index (χ2n) is 9.15. The van der Waals surface area contributed by atoms with Crippen LogP contribution in [-0.2, 0) is 22.6 Å². The minimum Gasteiger partial charge on any atom is -0.438 e. The molecule has 1 aliphatic heterocycles. The normalized spacial score (nSPS) is 16.4. The van der Waals surface area contributed by atoms with E-state index in [1.54, 1.807) is 60.7 Å². The van der Waals surface area contributed by atoms with Crippen LogP contribution in [0, 0.1) is 5.82 Å². The Morgan fingerprint density at radius 3 is 2.10 bits per heavy atom. The highest BCUT2D eigenvalue weighted by atomic mass is 19.1. The summed E-state index contributed by atoms with van der Waals surface area (Å²) in [6.45, 7) is 0.357. The monoisotopic (exact) mass is 523 g/mol. The van der Waals surface area contributed by atoms with Crippen LogP contribution in [0.25, 0.3) is 0 Å². The van der Waals surface area contributed by atoms with Crippen LogP contribution in [0.4, 0.5) is 14.9 Å². The van der Waals surface area contributed by atoms with Crippen molar-refractivity contribution in [3.05, 3.63) is 137 Å². The molecule has 5 rings (SSSR count). The lowest BCUT2D eigenvalue weighted by Gasteiger charge is -2.24. The van der Waals surface area contributed by atoms with Crippen LogP contribution in [0.5, 0.6) is 0 Å². The first kappa shape index (κ1) is 25.7. The number of cyclic esters (lactones) is 1. The highest BCUT2D eigenvalue weighted by Crippen LogP contribution is 2.34. The minimum absolute atomic E-state index is 0.167. The smallest absolute Gasteiger partial charge is 0.411 e. The molecule has 39 heavy (non-hydrogen) atoms. The lowest BCUT2D eigenvalue weighted by Crippen LogP contribution is -2.46. The Morgan fingerprint density at radius 2 is 1.44 bits per heavy atom. The number of benzene rings is 4. The molecule has 0 aromatic heterocycles. The number of carbonyl (C=O) groups is 3. The SMILES string of the molecule is O=C(Nc1ccc([C@H]2OC(=O)N(Cc3ccccc3)[C@@H]2C(=O)NCc2ccc(F)cc2)cc1)c1ccccc1. The van der Waals surface area contributed by atoms with Gasteiger partial charge in [-0.1, -0.05) is 72.8 Å². The van der Waals surface area contributed by atoms with E-state index in [0.29, 0.717) is 16.8 Å². The highest BCUT2D eigenvalue weighted by molar-refractivity contribution is 6.04. The molecule has 2 N–H and O–H groups in total. The lowest BCUT2D eigenvalue weighted by atomic mass is 10.00. The van der Waals surface area contributed by atoms with Gasteiger partial charge < -0.3 is 15.4 Å². The van der Waals surface area contributed by atoms with Crippen molar-refractivity contribution in [3.8, 4) is 0 Å². The van der Waals surface area contributed by atoms with E-state index in [0.717, 1.165) is 11.1 Å².